The minimum atomic E-state index is -4.07. The number of ether oxygens (including phenoxy) is 1. The fraction of sp³-hybridized carbons (Fsp3) is 0.826. The van der Waals surface area contributed by atoms with Gasteiger partial charge in [-0.3, -0.25) is 9.52 Å². The minimum Gasteiger partial charge on any atom is -0.480 e. The van der Waals surface area contributed by atoms with Gasteiger partial charge in [-0.25, -0.2) is 4.68 Å². The number of carbonyl (C=O) groups is 1. The molecule has 0 radical (unpaired) electrons. The first kappa shape index (κ1) is 31.0. The van der Waals surface area contributed by atoms with E-state index in [2.05, 4.69) is 29.5 Å². The average Bonchev–Trinajstić information content (AvgIpc) is 3.40. The number of nitrogens with zero attached hydrogens (tertiary/aromatic N) is 3. The van der Waals surface area contributed by atoms with E-state index in [1.165, 1.54) is 10.7 Å². The SMILES string of the molecule is CC1(C)OB(CCC[C@@H]2CN(S(=O)(=O)Nc3ccn(COCC[Si](C)(C)C)n3)C[C@]2(N)C(=O)O)OC1(C)C. The smallest absolute Gasteiger partial charge is 0.457 e. The highest BCUT2D eigenvalue weighted by Gasteiger charge is 2.53. The van der Waals surface area contributed by atoms with Crippen molar-refractivity contribution >= 4 is 37.2 Å². The maximum Gasteiger partial charge on any atom is 0.457 e. The maximum absolute atomic E-state index is 13.1. The van der Waals surface area contributed by atoms with Gasteiger partial charge in [0.1, 0.15) is 12.3 Å². The molecule has 0 bridgehead atoms. The third-order valence-electron chi connectivity index (χ3n) is 7.72. The monoisotopic (exact) mass is 573 g/mol. The molecule has 0 amide bonds. The minimum absolute atomic E-state index is 0.0119. The lowest BCUT2D eigenvalue weighted by molar-refractivity contribution is -0.144. The Labute approximate surface area is 227 Å². The summed E-state index contributed by atoms with van der Waals surface area (Å²) in [4.78, 5) is 12.1. The van der Waals surface area contributed by atoms with Gasteiger partial charge < -0.3 is 24.9 Å². The van der Waals surface area contributed by atoms with E-state index in [1.54, 1.807) is 6.20 Å². The van der Waals surface area contributed by atoms with Gasteiger partial charge in [-0.15, -0.1) is 0 Å². The summed E-state index contributed by atoms with van der Waals surface area (Å²) < 4.78 is 48.9. The Hall–Kier alpha value is -1.49. The van der Waals surface area contributed by atoms with Crippen molar-refractivity contribution in [1.82, 2.24) is 14.1 Å². The summed E-state index contributed by atoms with van der Waals surface area (Å²) in [5, 5.41) is 14.1. The van der Waals surface area contributed by atoms with Crippen LogP contribution in [-0.2, 0) is 35.8 Å². The van der Waals surface area contributed by atoms with Crippen LogP contribution in [0, 0.1) is 5.92 Å². The van der Waals surface area contributed by atoms with Crippen LogP contribution in [0.5, 0.6) is 0 Å². The molecular weight excluding hydrogens is 529 g/mol. The van der Waals surface area contributed by atoms with Crippen LogP contribution >= 0.6 is 0 Å². The van der Waals surface area contributed by atoms with E-state index >= 15 is 0 Å². The molecule has 0 aliphatic carbocycles. The predicted molar refractivity (Wildman–Crippen MR) is 149 cm³/mol. The van der Waals surface area contributed by atoms with Gasteiger partial charge >= 0.3 is 23.3 Å². The van der Waals surface area contributed by atoms with Crippen molar-refractivity contribution in [1.29, 1.82) is 0 Å². The third-order valence-corrected chi connectivity index (χ3v) is 10.8. The summed E-state index contributed by atoms with van der Waals surface area (Å²) >= 11 is 0. The van der Waals surface area contributed by atoms with E-state index in [1.807, 2.05) is 27.7 Å². The summed E-state index contributed by atoms with van der Waals surface area (Å²) in [5.74, 6) is -1.67. The Balaban J connectivity index is 1.56. The highest BCUT2D eigenvalue weighted by Crippen LogP contribution is 2.39. The van der Waals surface area contributed by atoms with E-state index in [0.717, 1.165) is 10.3 Å². The first-order valence-corrected chi connectivity index (χ1v) is 18.3. The summed E-state index contributed by atoms with van der Waals surface area (Å²) in [7, 11) is -5.69. The molecule has 0 saturated carbocycles. The Morgan fingerprint density at radius 3 is 2.50 bits per heavy atom. The number of hydrogen-bond donors (Lipinski definition) is 3. The van der Waals surface area contributed by atoms with Gasteiger partial charge in [-0.1, -0.05) is 26.1 Å². The quantitative estimate of drug-likeness (QED) is 0.238. The molecule has 0 unspecified atom stereocenters. The van der Waals surface area contributed by atoms with Gasteiger partial charge in [-0.2, -0.15) is 17.8 Å². The first-order valence-electron chi connectivity index (χ1n) is 13.1. The highest BCUT2D eigenvalue weighted by molar-refractivity contribution is 7.90. The zero-order valence-corrected chi connectivity index (χ0v) is 25.5. The Morgan fingerprint density at radius 1 is 1.29 bits per heavy atom. The van der Waals surface area contributed by atoms with Crippen LogP contribution in [0.3, 0.4) is 0 Å². The summed E-state index contributed by atoms with van der Waals surface area (Å²) in [5.41, 5.74) is 3.68. The zero-order valence-electron chi connectivity index (χ0n) is 23.7. The topological polar surface area (TPSA) is 158 Å². The number of hydrogen-bond acceptors (Lipinski definition) is 8. The van der Waals surface area contributed by atoms with E-state index < -0.39 is 54.0 Å². The van der Waals surface area contributed by atoms with E-state index in [9.17, 15) is 18.3 Å². The van der Waals surface area contributed by atoms with Crippen molar-refractivity contribution in [2.24, 2.45) is 11.7 Å². The summed E-state index contributed by atoms with van der Waals surface area (Å²) in [6.07, 6.45) is 3.18. The van der Waals surface area contributed by atoms with Crippen molar-refractivity contribution in [3.8, 4) is 0 Å². The van der Waals surface area contributed by atoms with Gasteiger partial charge in [0.15, 0.2) is 5.82 Å². The van der Waals surface area contributed by atoms with E-state index in [0.29, 0.717) is 25.8 Å². The molecule has 2 atom stereocenters. The number of carboxylic acids is 1. The largest absolute Gasteiger partial charge is 0.480 e. The molecule has 12 nitrogen and oxygen atoms in total. The van der Waals surface area contributed by atoms with Gasteiger partial charge in [0, 0.05) is 46.0 Å². The molecular formula is C23H44BN5O7SSi. The molecule has 2 aliphatic rings. The van der Waals surface area contributed by atoms with Crippen LogP contribution < -0.4 is 10.5 Å². The molecule has 4 N–H and O–H groups in total. The molecule has 2 fully saturated rings. The van der Waals surface area contributed by atoms with Crippen LogP contribution in [0.2, 0.25) is 32.0 Å². The fourth-order valence-electron chi connectivity index (χ4n) is 4.50. The van der Waals surface area contributed by atoms with Gasteiger partial charge in [0.2, 0.25) is 0 Å². The maximum atomic E-state index is 13.1. The molecule has 15 heteroatoms. The van der Waals surface area contributed by atoms with Crippen LogP contribution in [0.25, 0.3) is 0 Å². The van der Waals surface area contributed by atoms with Crippen molar-refractivity contribution < 1.29 is 32.4 Å². The lowest BCUT2D eigenvalue weighted by atomic mass is 9.78. The molecule has 2 aliphatic heterocycles. The number of carboxylic acid groups (broad SMARTS) is 1. The normalized spacial score (nSPS) is 25.7. The standard InChI is InChI=1S/C23H44BN5O7SSi/c1-21(2)22(3,4)36-24(35-21)11-8-9-18-15-29(16-23(18,25)20(30)31)37(32,33)27-19-10-12-28(26-19)17-34-13-14-38(5,6)7/h10,12,18H,8-9,11,13-17,25H2,1-7H3,(H,26,27)(H,30,31)/t18-,23-/m1/s1. The number of nitrogens with one attached hydrogen (secondary N) is 1. The van der Waals surface area contributed by atoms with Crippen molar-refractivity contribution in [3.63, 3.8) is 0 Å². The molecule has 1 aromatic rings. The summed E-state index contributed by atoms with van der Waals surface area (Å²) in [6, 6.07) is 2.55. The molecule has 216 valence electrons. The number of nitrogens with two attached hydrogens (primary N) is 1. The highest BCUT2D eigenvalue weighted by atomic mass is 32.2. The summed E-state index contributed by atoms with van der Waals surface area (Å²) in [6.45, 7) is 15.2. The van der Waals surface area contributed by atoms with Crippen LogP contribution in [0.15, 0.2) is 12.3 Å². The van der Waals surface area contributed by atoms with Crippen LogP contribution in [0.4, 0.5) is 5.82 Å². The van der Waals surface area contributed by atoms with Gasteiger partial charge in [-0.05, 0) is 46.5 Å². The molecule has 3 rings (SSSR count). The number of aliphatic carboxylic acids is 1. The van der Waals surface area contributed by atoms with E-state index in [-0.39, 0.29) is 25.6 Å². The zero-order chi connectivity index (χ0) is 28.6. The Bertz CT molecular complexity index is 1080. The average molecular weight is 574 g/mol. The molecule has 3 heterocycles. The molecule has 1 aromatic heterocycles. The van der Waals surface area contributed by atoms with Crippen LogP contribution in [0.1, 0.15) is 40.5 Å². The number of anilines is 1. The lowest BCUT2D eigenvalue weighted by Crippen LogP contribution is -2.55. The molecule has 2 saturated heterocycles. The predicted octanol–water partition coefficient (Wildman–Crippen LogP) is 2.44. The van der Waals surface area contributed by atoms with Crippen molar-refractivity contribution in [2.75, 3.05) is 24.4 Å². The number of rotatable bonds is 13. The van der Waals surface area contributed by atoms with Crippen molar-refractivity contribution in [2.45, 2.75) is 96.0 Å². The lowest BCUT2D eigenvalue weighted by Gasteiger charge is -2.32. The Kier molecular flexibility index (Phi) is 9.13. The van der Waals surface area contributed by atoms with Gasteiger partial charge in [0.05, 0.1) is 11.2 Å². The molecule has 0 aromatic carbocycles. The Morgan fingerprint density at radius 2 is 1.92 bits per heavy atom. The second-order valence-electron chi connectivity index (χ2n) is 12.6. The second kappa shape index (κ2) is 11.2. The van der Waals surface area contributed by atoms with Gasteiger partial charge in [0.25, 0.3) is 0 Å². The molecule has 0 spiro atoms. The third kappa shape index (κ3) is 7.37. The first-order chi connectivity index (χ1) is 17.3. The number of aromatic nitrogens is 2. The second-order valence-corrected chi connectivity index (χ2v) is 19.9. The van der Waals surface area contributed by atoms with Crippen molar-refractivity contribution in [3.05, 3.63) is 12.3 Å². The fourth-order valence-corrected chi connectivity index (χ4v) is 6.52. The van der Waals surface area contributed by atoms with E-state index in [4.69, 9.17) is 19.8 Å². The molecule has 38 heavy (non-hydrogen) atoms. The van der Waals surface area contributed by atoms with Crippen LogP contribution in [-0.4, -0.2) is 85.2 Å².